The van der Waals surface area contributed by atoms with Crippen molar-refractivity contribution in [3.8, 4) is 0 Å². The Kier molecular flexibility index (Phi) is 4.71. The van der Waals surface area contributed by atoms with E-state index in [-0.39, 0.29) is 24.6 Å². The fraction of sp³-hybridized carbons (Fsp3) is 0.333. The molecule has 1 fully saturated rings. The molecule has 0 bridgehead atoms. The molecule has 26 heavy (non-hydrogen) atoms. The predicted octanol–water partition coefficient (Wildman–Crippen LogP) is 2.53. The van der Waals surface area contributed by atoms with Gasteiger partial charge in [-0.05, 0) is 42.9 Å². The fourth-order valence-electron chi connectivity index (χ4n) is 3.71. The Morgan fingerprint density at radius 1 is 1.15 bits per heavy atom. The molecule has 1 aliphatic rings. The third-order valence-corrected chi connectivity index (χ3v) is 5.20. The van der Waals surface area contributed by atoms with E-state index in [9.17, 15) is 9.90 Å². The topological polar surface area (TPSA) is 67.2 Å². The first-order valence-corrected chi connectivity index (χ1v) is 9.10. The van der Waals surface area contributed by atoms with Crippen LogP contribution in [0.2, 0.25) is 0 Å². The lowest BCUT2D eigenvalue weighted by Crippen LogP contribution is -2.49. The van der Waals surface area contributed by atoms with Crippen molar-refractivity contribution in [3.05, 3.63) is 66.5 Å². The van der Waals surface area contributed by atoms with E-state index >= 15 is 0 Å². The zero-order valence-electron chi connectivity index (χ0n) is 14.6. The van der Waals surface area contributed by atoms with Gasteiger partial charge in [0.05, 0.1) is 23.5 Å². The van der Waals surface area contributed by atoms with Crippen LogP contribution in [-0.4, -0.2) is 32.7 Å². The van der Waals surface area contributed by atoms with Crippen LogP contribution in [0.5, 0.6) is 0 Å². The second kappa shape index (κ2) is 7.30. The van der Waals surface area contributed by atoms with Crippen molar-refractivity contribution >= 4 is 16.9 Å². The van der Waals surface area contributed by atoms with Crippen LogP contribution in [0.4, 0.5) is 0 Å². The number of benzene rings is 2. The van der Waals surface area contributed by atoms with E-state index in [1.807, 2.05) is 47.0 Å². The summed E-state index contributed by atoms with van der Waals surface area (Å²) in [6, 6.07) is 18.0. The highest BCUT2D eigenvalue weighted by Crippen LogP contribution is 2.31. The summed E-state index contributed by atoms with van der Waals surface area (Å²) in [7, 11) is 0. The number of fused-ring (bicyclic) bond motifs is 1. The van der Waals surface area contributed by atoms with Crippen LogP contribution in [-0.2, 0) is 17.8 Å². The number of aliphatic hydroxyl groups is 1. The molecule has 0 radical (unpaired) electrons. The van der Waals surface area contributed by atoms with Crippen molar-refractivity contribution in [3.63, 3.8) is 0 Å². The number of carbonyl (C=O) groups is 1. The fourth-order valence-corrected chi connectivity index (χ4v) is 3.71. The summed E-state index contributed by atoms with van der Waals surface area (Å²) in [5, 5.41) is 12.9. The number of nitrogens with zero attached hydrogens (tertiary/aromatic N) is 2. The number of carbonyl (C=O) groups excluding carboxylic acids is 1. The van der Waals surface area contributed by atoms with Crippen LogP contribution in [0.15, 0.2) is 60.9 Å². The molecule has 4 rings (SSSR count). The maximum Gasteiger partial charge on any atom is 0.240 e. The zero-order chi connectivity index (χ0) is 17.9. The van der Waals surface area contributed by atoms with Crippen LogP contribution in [0, 0.1) is 5.92 Å². The highest BCUT2D eigenvalue weighted by atomic mass is 16.3. The minimum absolute atomic E-state index is 0.0181. The predicted molar refractivity (Wildman–Crippen MR) is 101 cm³/mol. The maximum absolute atomic E-state index is 12.7. The van der Waals surface area contributed by atoms with E-state index in [1.165, 1.54) is 5.56 Å². The van der Waals surface area contributed by atoms with Gasteiger partial charge in [-0.2, -0.15) is 0 Å². The van der Waals surface area contributed by atoms with Gasteiger partial charge in [0.1, 0.15) is 6.54 Å². The lowest BCUT2D eigenvalue weighted by Gasteiger charge is -2.38. The molecule has 134 valence electrons. The lowest BCUT2D eigenvalue weighted by atomic mass is 9.75. The van der Waals surface area contributed by atoms with Crippen molar-refractivity contribution in [1.82, 2.24) is 14.9 Å². The van der Waals surface area contributed by atoms with Gasteiger partial charge in [-0.1, -0.05) is 42.5 Å². The van der Waals surface area contributed by atoms with Gasteiger partial charge in [0.15, 0.2) is 0 Å². The lowest BCUT2D eigenvalue weighted by molar-refractivity contribution is -0.123. The molecule has 1 atom stereocenters. The van der Waals surface area contributed by atoms with Crippen LogP contribution in [0.3, 0.4) is 0 Å². The Morgan fingerprint density at radius 3 is 2.65 bits per heavy atom. The van der Waals surface area contributed by atoms with Crippen molar-refractivity contribution in [2.45, 2.75) is 38.0 Å². The molecule has 5 nitrogen and oxygen atoms in total. The number of nitrogens with one attached hydrogen (secondary N) is 1. The molecule has 1 heterocycles. The third kappa shape index (κ3) is 3.63. The van der Waals surface area contributed by atoms with E-state index in [1.54, 1.807) is 6.33 Å². The molecular formula is C21H23N3O2. The molecule has 1 amide bonds. The summed E-state index contributed by atoms with van der Waals surface area (Å²) in [6.45, 7) is 0.251. The minimum atomic E-state index is -0.229. The smallest absolute Gasteiger partial charge is 0.240 e. The normalized spacial score (nSPS) is 20.5. The van der Waals surface area contributed by atoms with Crippen LogP contribution < -0.4 is 5.32 Å². The van der Waals surface area contributed by atoms with Crippen LogP contribution in [0.1, 0.15) is 18.4 Å². The van der Waals surface area contributed by atoms with E-state index in [2.05, 4.69) is 22.4 Å². The highest BCUT2D eigenvalue weighted by molar-refractivity contribution is 5.80. The van der Waals surface area contributed by atoms with E-state index in [0.29, 0.717) is 5.92 Å². The van der Waals surface area contributed by atoms with Gasteiger partial charge >= 0.3 is 0 Å². The van der Waals surface area contributed by atoms with E-state index in [4.69, 9.17) is 0 Å². The zero-order valence-corrected chi connectivity index (χ0v) is 14.6. The van der Waals surface area contributed by atoms with Crippen molar-refractivity contribution in [2.75, 3.05) is 0 Å². The Balaban J connectivity index is 1.45. The first-order valence-electron chi connectivity index (χ1n) is 9.10. The molecule has 0 spiro atoms. The molecule has 0 aliphatic heterocycles. The second-order valence-corrected chi connectivity index (χ2v) is 7.11. The highest BCUT2D eigenvalue weighted by Gasteiger charge is 2.34. The summed E-state index contributed by atoms with van der Waals surface area (Å²) in [5.74, 6) is 0.309. The molecule has 0 saturated heterocycles. The average molecular weight is 349 g/mol. The minimum Gasteiger partial charge on any atom is -0.393 e. The Hall–Kier alpha value is -2.66. The number of aromatic nitrogens is 2. The molecule has 1 saturated carbocycles. The van der Waals surface area contributed by atoms with E-state index in [0.717, 1.165) is 30.3 Å². The molecule has 1 aromatic heterocycles. The molecule has 1 aliphatic carbocycles. The van der Waals surface area contributed by atoms with Crippen molar-refractivity contribution < 1.29 is 9.90 Å². The molecule has 2 N–H and O–H groups in total. The Morgan fingerprint density at radius 2 is 1.88 bits per heavy atom. The molecular weight excluding hydrogens is 326 g/mol. The third-order valence-electron chi connectivity index (χ3n) is 5.20. The molecule has 2 aromatic carbocycles. The first-order chi connectivity index (χ1) is 12.7. The molecule has 5 heteroatoms. The molecule has 3 aromatic rings. The maximum atomic E-state index is 12.7. The van der Waals surface area contributed by atoms with Gasteiger partial charge in [-0.15, -0.1) is 0 Å². The Bertz CT molecular complexity index is 884. The number of amides is 1. The SMILES string of the molecule is O=C(Cn1cnc2ccccc21)N[C@H](Cc1ccccc1)C1CC(O)C1. The van der Waals surface area contributed by atoms with Crippen molar-refractivity contribution in [2.24, 2.45) is 5.92 Å². The monoisotopic (exact) mass is 349 g/mol. The summed E-state index contributed by atoms with van der Waals surface area (Å²) in [4.78, 5) is 17.0. The van der Waals surface area contributed by atoms with Gasteiger partial charge in [-0.25, -0.2) is 4.98 Å². The summed E-state index contributed by atoms with van der Waals surface area (Å²) >= 11 is 0. The summed E-state index contributed by atoms with van der Waals surface area (Å²) in [6.07, 6.45) is 3.78. The van der Waals surface area contributed by atoms with Crippen LogP contribution in [0.25, 0.3) is 11.0 Å². The standard InChI is InChI=1S/C21H23N3O2/c25-17-11-16(12-17)19(10-15-6-2-1-3-7-15)23-21(26)13-24-14-22-18-8-4-5-9-20(18)24/h1-9,14,16-17,19,25H,10-13H2,(H,23,26)/t16?,17?,19-/m1/s1. The first kappa shape index (κ1) is 16.8. The van der Waals surface area contributed by atoms with Gasteiger partial charge < -0.3 is 15.0 Å². The van der Waals surface area contributed by atoms with Gasteiger partial charge in [0.2, 0.25) is 5.91 Å². The molecule has 0 unspecified atom stereocenters. The van der Waals surface area contributed by atoms with E-state index < -0.39 is 0 Å². The summed E-state index contributed by atoms with van der Waals surface area (Å²) in [5.41, 5.74) is 3.05. The number of para-hydroxylation sites is 2. The Labute approximate surface area is 152 Å². The van der Waals surface area contributed by atoms with Gasteiger partial charge in [0.25, 0.3) is 0 Å². The van der Waals surface area contributed by atoms with Gasteiger partial charge in [0, 0.05) is 6.04 Å². The largest absolute Gasteiger partial charge is 0.393 e. The number of aliphatic hydroxyl groups excluding tert-OH is 1. The second-order valence-electron chi connectivity index (χ2n) is 7.11. The average Bonchev–Trinajstić information content (AvgIpc) is 3.02. The number of imidazole rings is 1. The number of hydrogen-bond donors (Lipinski definition) is 2. The summed E-state index contributed by atoms with van der Waals surface area (Å²) < 4.78 is 1.87. The number of rotatable bonds is 6. The number of hydrogen-bond acceptors (Lipinski definition) is 3. The van der Waals surface area contributed by atoms with Crippen LogP contribution >= 0.6 is 0 Å². The quantitative estimate of drug-likeness (QED) is 0.719. The van der Waals surface area contributed by atoms with Crippen molar-refractivity contribution in [1.29, 1.82) is 0 Å². The van der Waals surface area contributed by atoms with Gasteiger partial charge in [-0.3, -0.25) is 4.79 Å².